The van der Waals surface area contributed by atoms with Crippen LogP contribution in [0.1, 0.15) is 15.9 Å². The van der Waals surface area contributed by atoms with Crippen LogP contribution in [0.25, 0.3) is 0 Å². The van der Waals surface area contributed by atoms with Gasteiger partial charge in [0.05, 0.1) is 29.6 Å². The molecule has 0 radical (unpaired) electrons. The molecule has 9 heteroatoms. The first-order valence-electron chi connectivity index (χ1n) is 8.08. The van der Waals surface area contributed by atoms with Crippen LogP contribution in [-0.4, -0.2) is 23.0 Å². The summed E-state index contributed by atoms with van der Waals surface area (Å²) in [5.74, 6) is -0.0855. The summed E-state index contributed by atoms with van der Waals surface area (Å²) in [4.78, 5) is 19.8. The van der Waals surface area contributed by atoms with Crippen LogP contribution in [-0.2, 0) is 10.9 Å². The largest absolute Gasteiger partial charge is 0.465 e. The first-order valence-corrected chi connectivity index (χ1v) is 8.08. The minimum atomic E-state index is -4.50. The smallest absolute Gasteiger partial charge is 0.418 e. The third-order valence-corrected chi connectivity index (χ3v) is 3.76. The van der Waals surface area contributed by atoms with Gasteiger partial charge in [0.1, 0.15) is 18.0 Å². The molecule has 144 valence electrons. The molecular weight excluding hydrogens is 373 g/mol. The highest BCUT2D eigenvalue weighted by molar-refractivity contribution is 5.96. The Hall–Kier alpha value is -3.62. The van der Waals surface area contributed by atoms with Gasteiger partial charge in [0.2, 0.25) is 0 Å². The third kappa shape index (κ3) is 4.37. The number of nitrogens with one attached hydrogen (secondary N) is 2. The highest BCUT2D eigenvalue weighted by Gasteiger charge is 2.33. The number of halogens is 3. The van der Waals surface area contributed by atoms with E-state index in [1.807, 2.05) is 0 Å². The number of benzene rings is 2. The van der Waals surface area contributed by atoms with Gasteiger partial charge in [-0.1, -0.05) is 24.3 Å². The number of methoxy groups -OCH3 is 1. The molecule has 0 saturated carbocycles. The van der Waals surface area contributed by atoms with E-state index < -0.39 is 17.7 Å². The minimum absolute atomic E-state index is 0.130. The van der Waals surface area contributed by atoms with Crippen LogP contribution in [0.4, 0.5) is 36.2 Å². The minimum Gasteiger partial charge on any atom is -0.465 e. The summed E-state index contributed by atoms with van der Waals surface area (Å²) in [7, 11) is 1.27. The normalized spacial score (nSPS) is 11.0. The van der Waals surface area contributed by atoms with Gasteiger partial charge in [0.25, 0.3) is 0 Å². The number of carbonyl (C=O) groups is 1. The molecule has 0 spiro atoms. The van der Waals surface area contributed by atoms with Crippen LogP contribution in [0.2, 0.25) is 0 Å². The fraction of sp³-hybridized carbons (Fsp3) is 0.105. The molecule has 1 heterocycles. The zero-order valence-corrected chi connectivity index (χ0v) is 14.6. The van der Waals surface area contributed by atoms with E-state index in [4.69, 9.17) is 4.74 Å². The monoisotopic (exact) mass is 388 g/mol. The molecule has 0 aliphatic carbocycles. The average Bonchev–Trinajstić information content (AvgIpc) is 2.68. The number of alkyl halides is 3. The van der Waals surface area contributed by atoms with E-state index in [0.717, 1.165) is 6.07 Å². The zero-order valence-electron chi connectivity index (χ0n) is 14.6. The van der Waals surface area contributed by atoms with E-state index >= 15 is 0 Å². The quantitative estimate of drug-likeness (QED) is 0.614. The van der Waals surface area contributed by atoms with E-state index in [-0.39, 0.29) is 11.5 Å². The molecule has 2 aromatic carbocycles. The molecule has 1 aromatic heterocycles. The van der Waals surface area contributed by atoms with E-state index in [1.165, 1.54) is 37.7 Å². The van der Waals surface area contributed by atoms with E-state index in [0.29, 0.717) is 17.1 Å². The van der Waals surface area contributed by atoms with Gasteiger partial charge in [-0.25, -0.2) is 14.8 Å². The second-order valence-corrected chi connectivity index (χ2v) is 5.62. The number of carbonyl (C=O) groups excluding carboxylic acids is 1. The predicted molar refractivity (Wildman–Crippen MR) is 97.8 cm³/mol. The number of ether oxygens (including phenoxy) is 1. The van der Waals surface area contributed by atoms with Gasteiger partial charge in [-0.3, -0.25) is 0 Å². The van der Waals surface area contributed by atoms with E-state index in [9.17, 15) is 18.0 Å². The number of aromatic nitrogens is 2. The lowest BCUT2D eigenvalue weighted by Gasteiger charge is -2.14. The number of rotatable bonds is 5. The van der Waals surface area contributed by atoms with Gasteiger partial charge in [-0.15, -0.1) is 0 Å². The fourth-order valence-corrected chi connectivity index (χ4v) is 2.49. The van der Waals surface area contributed by atoms with Gasteiger partial charge in [-0.05, 0) is 24.3 Å². The molecule has 3 aromatic rings. The molecule has 0 unspecified atom stereocenters. The Bertz CT molecular complexity index is 993. The van der Waals surface area contributed by atoms with Gasteiger partial charge in [0, 0.05) is 6.07 Å². The van der Waals surface area contributed by atoms with Crippen molar-refractivity contribution in [3.05, 3.63) is 72.1 Å². The van der Waals surface area contributed by atoms with Crippen LogP contribution in [0.5, 0.6) is 0 Å². The van der Waals surface area contributed by atoms with Crippen LogP contribution in [0.15, 0.2) is 60.9 Å². The molecule has 3 rings (SSSR count). The molecule has 0 atom stereocenters. The summed E-state index contributed by atoms with van der Waals surface area (Å²) < 4.78 is 44.2. The van der Waals surface area contributed by atoms with Crippen LogP contribution < -0.4 is 10.6 Å². The maximum atomic E-state index is 13.1. The van der Waals surface area contributed by atoms with Gasteiger partial charge >= 0.3 is 12.1 Å². The number of anilines is 4. The van der Waals surface area contributed by atoms with Gasteiger partial charge in [0.15, 0.2) is 0 Å². The van der Waals surface area contributed by atoms with E-state index in [1.54, 1.807) is 24.3 Å². The number of para-hydroxylation sites is 2. The predicted octanol–water partition coefficient (Wildman–Crippen LogP) is 4.77. The summed E-state index contributed by atoms with van der Waals surface area (Å²) in [6.45, 7) is 0. The standard InChI is InChI=1S/C19H15F3N4O2/c1-28-18(27)12-6-2-4-8-14(12)25-16-10-17(24-11-23-16)26-15-9-5-3-7-13(15)19(20,21)22/h2-11H,1H3,(H2,23,24,25,26). The average molecular weight is 388 g/mol. The zero-order chi connectivity index (χ0) is 20.1. The van der Waals surface area contributed by atoms with Crippen molar-refractivity contribution in [1.29, 1.82) is 0 Å². The van der Waals surface area contributed by atoms with Crippen molar-refractivity contribution in [3.63, 3.8) is 0 Å². The van der Waals surface area contributed by atoms with Crippen LogP contribution in [0.3, 0.4) is 0 Å². The van der Waals surface area contributed by atoms with Crippen molar-refractivity contribution in [2.45, 2.75) is 6.18 Å². The van der Waals surface area contributed by atoms with Crippen LogP contribution >= 0.6 is 0 Å². The second kappa shape index (κ2) is 7.95. The Labute approximate surface area is 158 Å². The molecule has 28 heavy (non-hydrogen) atoms. The summed E-state index contributed by atoms with van der Waals surface area (Å²) in [5, 5.41) is 5.60. The molecule has 0 bridgehead atoms. The lowest BCUT2D eigenvalue weighted by Crippen LogP contribution is -2.09. The number of esters is 1. The molecule has 0 aliphatic rings. The van der Waals surface area contributed by atoms with Crippen molar-refractivity contribution in [2.24, 2.45) is 0 Å². The topological polar surface area (TPSA) is 76.1 Å². The Morgan fingerprint density at radius 3 is 2.14 bits per heavy atom. The lowest BCUT2D eigenvalue weighted by atomic mass is 10.1. The lowest BCUT2D eigenvalue weighted by molar-refractivity contribution is -0.136. The number of nitrogens with zero attached hydrogens (tertiary/aromatic N) is 2. The maximum Gasteiger partial charge on any atom is 0.418 e. The van der Waals surface area contributed by atoms with E-state index in [2.05, 4.69) is 20.6 Å². The molecular formula is C19H15F3N4O2. The first-order chi connectivity index (χ1) is 13.4. The summed E-state index contributed by atoms with van der Waals surface area (Å²) in [6.07, 6.45) is -3.31. The Balaban J connectivity index is 1.86. The highest BCUT2D eigenvalue weighted by atomic mass is 19.4. The van der Waals surface area contributed by atoms with Gasteiger partial charge in [-0.2, -0.15) is 13.2 Å². The molecule has 0 amide bonds. The third-order valence-electron chi connectivity index (χ3n) is 3.76. The van der Waals surface area contributed by atoms with Gasteiger partial charge < -0.3 is 15.4 Å². The van der Waals surface area contributed by atoms with Crippen LogP contribution in [0, 0.1) is 0 Å². The maximum absolute atomic E-state index is 13.1. The SMILES string of the molecule is COC(=O)c1ccccc1Nc1cc(Nc2ccccc2C(F)(F)F)ncn1. The Morgan fingerprint density at radius 1 is 0.929 bits per heavy atom. The fourth-order valence-electron chi connectivity index (χ4n) is 2.49. The van der Waals surface area contributed by atoms with Crippen molar-refractivity contribution in [3.8, 4) is 0 Å². The molecule has 2 N–H and O–H groups in total. The summed E-state index contributed by atoms with van der Waals surface area (Å²) >= 11 is 0. The van der Waals surface area contributed by atoms with Crippen molar-refractivity contribution < 1.29 is 22.7 Å². The molecule has 6 nitrogen and oxygen atoms in total. The highest BCUT2D eigenvalue weighted by Crippen LogP contribution is 2.35. The molecule has 0 fully saturated rings. The molecule has 0 saturated heterocycles. The second-order valence-electron chi connectivity index (χ2n) is 5.62. The number of hydrogen-bond acceptors (Lipinski definition) is 6. The Morgan fingerprint density at radius 2 is 1.50 bits per heavy atom. The Kier molecular flexibility index (Phi) is 5.44. The van der Waals surface area contributed by atoms with Crippen molar-refractivity contribution >= 4 is 29.0 Å². The summed E-state index contributed by atoms with van der Waals surface area (Å²) in [6, 6.07) is 13.2. The van der Waals surface area contributed by atoms with Crippen molar-refractivity contribution in [1.82, 2.24) is 9.97 Å². The first kappa shape index (κ1) is 19.2. The summed E-state index contributed by atoms with van der Waals surface area (Å²) in [5.41, 5.74) is -0.205. The van der Waals surface area contributed by atoms with Crippen molar-refractivity contribution in [2.75, 3.05) is 17.7 Å². The molecule has 0 aliphatic heterocycles. The number of hydrogen-bond donors (Lipinski definition) is 2.